The first-order valence-electron chi connectivity index (χ1n) is 5.84. The third kappa shape index (κ3) is 3.14. The highest BCUT2D eigenvalue weighted by molar-refractivity contribution is 7.89. The highest BCUT2D eigenvalue weighted by atomic mass is 32.2. The predicted octanol–water partition coefficient (Wildman–Crippen LogP) is 0.681. The van der Waals surface area contributed by atoms with Crippen LogP contribution in [0.4, 0.5) is 0 Å². The number of rotatable bonds is 5. The molecule has 0 radical (unpaired) electrons. The summed E-state index contributed by atoms with van der Waals surface area (Å²) in [5.74, 6) is -1.60. The second kappa shape index (κ2) is 5.32. The number of carboxylic acids is 1. The van der Waals surface area contributed by atoms with Gasteiger partial charge in [0.25, 0.3) is 10.0 Å². The van der Waals surface area contributed by atoms with E-state index in [-0.39, 0.29) is 18.6 Å². The Morgan fingerprint density at radius 2 is 2.26 bits per heavy atom. The molecular formula is C11H15NO6S. The van der Waals surface area contributed by atoms with Crippen LogP contribution in [0.2, 0.25) is 0 Å². The fourth-order valence-electron chi connectivity index (χ4n) is 1.91. The summed E-state index contributed by atoms with van der Waals surface area (Å²) in [7, 11) is -3.82. The number of nitrogens with one attached hydrogen (secondary N) is 1. The highest BCUT2D eigenvalue weighted by Crippen LogP contribution is 2.20. The molecule has 0 aliphatic carbocycles. The molecule has 2 N–H and O–H groups in total. The number of ether oxygens (including phenoxy) is 1. The molecule has 1 aromatic heterocycles. The zero-order valence-corrected chi connectivity index (χ0v) is 11.1. The molecule has 8 heteroatoms. The topological polar surface area (TPSA) is 106 Å². The fraction of sp³-hybridized carbons (Fsp3) is 0.545. The predicted molar refractivity (Wildman–Crippen MR) is 64.4 cm³/mol. The van der Waals surface area contributed by atoms with Crippen LogP contribution in [0.15, 0.2) is 21.6 Å². The van der Waals surface area contributed by atoms with Crippen molar-refractivity contribution in [1.29, 1.82) is 0 Å². The summed E-state index contributed by atoms with van der Waals surface area (Å²) in [6.07, 6.45) is 0.802. The van der Waals surface area contributed by atoms with Crippen LogP contribution < -0.4 is 4.72 Å². The monoisotopic (exact) mass is 289 g/mol. The standard InChI is InChI=1S/C11H15NO6S/c1-7-8(4-5-17-7)6-12-19(15,16)10-3-2-9(18-10)11(13)14/h2-3,7-8,12H,4-6H2,1H3,(H,13,14). The zero-order valence-electron chi connectivity index (χ0n) is 10.3. The molecule has 1 fully saturated rings. The van der Waals surface area contributed by atoms with E-state index in [1.165, 1.54) is 0 Å². The van der Waals surface area contributed by atoms with Crippen molar-refractivity contribution in [3.8, 4) is 0 Å². The van der Waals surface area contributed by atoms with Gasteiger partial charge in [-0.2, -0.15) is 0 Å². The first kappa shape index (κ1) is 14.0. The lowest BCUT2D eigenvalue weighted by atomic mass is 10.0. The molecule has 0 spiro atoms. The van der Waals surface area contributed by atoms with Gasteiger partial charge in [-0.15, -0.1) is 0 Å². The average molecular weight is 289 g/mol. The number of hydrogen-bond donors (Lipinski definition) is 2. The Morgan fingerprint density at radius 3 is 2.79 bits per heavy atom. The third-order valence-corrected chi connectivity index (χ3v) is 4.42. The molecule has 106 valence electrons. The molecule has 1 aromatic rings. The summed E-state index contributed by atoms with van der Waals surface area (Å²) in [5.41, 5.74) is 0. The van der Waals surface area contributed by atoms with Crippen LogP contribution in [0.25, 0.3) is 0 Å². The Hall–Kier alpha value is -1.38. The van der Waals surface area contributed by atoms with Crippen LogP contribution in [0.3, 0.4) is 0 Å². The van der Waals surface area contributed by atoms with E-state index in [1.807, 2.05) is 6.92 Å². The maximum atomic E-state index is 11.9. The zero-order chi connectivity index (χ0) is 14.0. The van der Waals surface area contributed by atoms with Gasteiger partial charge in [0.05, 0.1) is 6.10 Å². The van der Waals surface area contributed by atoms with E-state index < -0.39 is 26.8 Å². The van der Waals surface area contributed by atoms with Gasteiger partial charge in [-0.1, -0.05) is 0 Å². The normalized spacial score (nSPS) is 23.6. The van der Waals surface area contributed by atoms with Crippen LogP contribution in [-0.4, -0.2) is 38.7 Å². The van der Waals surface area contributed by atoms with Gasteiger partial charge in [-0.25, -0.2) is 17.9 Å². The van der Waals surface area contributed by atoms with Crippen LogP contribution in [0.1, 0.15) is 23.9 Å². The van der Waals surface area contributed by atoms with Crippen molar-refractivity contribution in [1.82, 2.24) is 4.72 Å². The van der Waals surface area contributed by atoms with Gasteiger partial charge in [-0.3, -0.25) is 0 Å². The number of carbonyl (C=O) groups is 1. The molecule has 2 rings (SSSR count). The summed E-state index contributed by atoms with van der Waals surface area (Å²) in [5, 5.41) is 8.28. The lowest BCUT2D eigenvalue weighted by Crippen LogP contribution is -2.31. The van der Waals surface area contributed by atoms with E-state index in [0.29, 0.717) is 6.61 Å². The van der Waals surface area contributed by atoms with Crippen LogP contribution >= 0.6 is 0 Å². The summed E-state index contributed by atoms with van der Waals surface area (Å²) in [6, 6.07) is 2.23. The second-order valence-corrected chi connectivity index (χ2v) is 6.10. The van der Waals surface area contributed by atoms with Crippen molar-refractivity contribution in [2.45, 2.75) is 24.5 Å². The van der Waals surface area contributed by atoms with E-state index in [2.05, 4.69) is 4.72 Å². The van der Waals surface area contributed by atoms with Gasteiger partial charge >= 0.3 is 5.97 Å². The second-order valence-electron chi connectivity index (χ2n) is 4.40. The smallest absolute Gasteiger partial charge is 0.371 e. The van der Waals surface area contributed by atoms with Crippen molar-refractivity contribution in [2.75, 3.05) is 13.2 Å². The van der Waals surface area contributed by atoms with Crippen molar-refractivity contribution in [3.63, 3.8) is 0 Å². The molecule has 2 atom stereocenters. The molecule has 0 amide bonds. The SMILES string of the molecule is CC1OCCC1CNS(=O)(=O)c1ccc(C(=O)O)o1. The van der Waals surface area contributed by atoms with Gasteiger partial charge in [0.15, 0.2) is 0 Å². The lowest BCUT2D eigenvalue weighted by Gasteiger charge is -2.13. The number of sulfonamides is 1. The number of hydrogen-bond acceptors (Lipinski definition) is 5. The van der Waals surface area contributed by atoms with Crippen molar-refractivity contribution in [3.05, 3.63) is 17.9 Å². The van der Waals surface area contributed by atoms with E-state index in [0.717, 1.165) is 18.6 Å². The first-order chi connectivity index (χ1) is 8.90. The van der Waals surface area contributed by atoms with E-state index in [1.54, 1.807) is 0 Å². The van der Waals surface area contributed by atoms with Crippen molar-refractivity contribution >= 4 is 16.0 Å². The minimum Gasteiger partial charge on any atom is -0.475 e. The number of aromatic carboxylic acids is 1. The molecule has 1 saturated heterocycles. The van der Waals surface area contributed by atoms with Gasteiger partial charge in [0.1, 0.15) is 0 Å². The van der Waals surface area contributed by atoms with Crippen LogP contribution in [0.5, 0.6) is 0 Å². The molecule has 7 nitrogen and oxygen atoms in total. The summed E-state index contributed by atoms with van der Waals surface area (Å²) >= 11 is 0. The van der Waals surface area contributed by atoms with Crippen molar-refractivity contribution < 1.29 is 27.5 Å². The summed E-state index contributed by atoms with van der Waals surface area (Å²) in [4.78, 5) is 10.6. The molecule has 19 heavy (non-hydrogen) atoms. The number of furan rings is 1. The van der Waals surface area contributed by atoms with E-state index >= 15 is 0 Å². The average Bonchev–Trinajstić information content (AvgIpc) is 2.95. The largest absolute Gasteiger partial charge is 0.475 e. The quantitative estimate of drug-likeness (QED) is 0.825. The fourth-order valence-corrected chi connectivity index (χ4v) is 2.93. The van der Waals surface area contributed by atoms with Gasteiger partial charge in [0, 0.05) is 19.1 Å². The summed E-state index contributed by atoms with van der Waals surface area (Å²) in [6.45, 7) is 2.76. The van der Waals surface area contributed by atoms with Gasteiger partial charge < -0.3 is 14.3 Å². The Kier molecular flexibility index (Phi) is 3.93. The number of carboxylic acid groups (broad SMARTS) is 1. The van der Waals surface area contributed by atoms with Crippen molar-refractivity contribution in [2.24, 2.45) is 5.92 Å². The Morgan fingerprint density at radius 1 is 1.53 bits per heavy atom. The van der Waals surface area contributed by atoms with Gasteiger partial charge in [0.2, 0.25) is 10.9 Å². The highest BCUT2D eigenvalue weighted by Gasteiger charge is 2.27. The van der Waals surface area contributed by atoms with E-state index in [9.17, 15) is 13.2 Å². The Labute approximate surface area is 110 Å². The molecule has 0 bridgehead atoms. The first-order valence-corrected chi connectivity index (χ1v) is 7.33. The Bertz CT molecular complexity index is 563. The Balaban J connectivity index is 2.03. The molecule has 0 aromatic carbocycles. The molecule has 1 aliphatic rings. The molecular weight excluding hydrogens is 274 g/mol. The maximum Gasteiger partial charge on any atom is 0.371 e. The molecule has 0 saturated carbocycles. The minimum atomic E-state index is -3.82. The van der Waals surface area contributed by atoms with Crippen LogP contribution in [0, 0.1) is 5.92 Å². The molecule has 2 heterocycles. The van der Waals surface area contributed by atoms with Crippen LogP contribution in [-0.2, 0) is 14.8 Å². The van der Waals surface area contributed by atoms with E-state index in [4.69, 9.17) is 14.3 Å². The third-order valence-electron chi connectivity index (χ3n) is 3.13. The molecule has 1 aliphatic heterocycles. The summed E-state index contributed by atoms with van der Waals surface area (Å²) < 4.78 is 36.3. The minimum absolute atomic E-state index is 0.00822. The lowest BCUT2D eigenvalue weighted by molar-refractivity contribution is 0.0656. The van der Waals surface area contributed by atoms with Gasteiger partial charge in [-0.05, 0) is 25.5 Å². The maximum absolute atomic E-state index is 11.9. The molecule has 2 unspecified atom stereocenters.